The number of nitrogens with zero attached hydrogens (tertiary/aromatic N) is 2. The molecule has 1 amide bonds. The second-order valence-electron chi connectivity index (χ2n) is 4.02. The molecule has 0 atom stereocenters. The summed E-state index contributed by atoms with van der Waals surface area (Å²) < 4.78 is 0. The maximum absolute atomic E-state index is 11.5. The summed E-state index contributed by atoms with van der Waals surface area (Å²) in [6.07, 6.45) is 2.95. The highest BCUT2D eigenvalue weighted by atomic mass is 35.5. The fourth-order valence-corrected chi connectivity index (χ4v) is 0.861. The third-order valence-corrected chi connectivity index (χ3v) is 1.91. The van der Waals surface area contributed by atoms with Crippen LogP contribution in [0.15, 0.2) is 12.4 Å². The van der Waals surface area contributed by atoms with Crippen molar-refractivity contribution in [3.63, 3.8) is 0 Å². The van der Waals surface area contributed by atoms with Crippen LogP contribution in [0.1, 0.15) is 20.8 Å². The number of hydrogen-bond donors (Lipinski definition) is 2. The summed E-state index contributed by atoms with van der Waals surface area (Å²) in [6, 6.07) is 0. The van der Waals surface area contributed by atoms with E-state index in [2.05, 4.69) is 20.8 Å². The van der Waals surface area contributed by atoms with Gasteiger partial charge in [0.05, 0.1) is 0 Å². The number of nitrogens with one attached hydrogen (secondary N) is 2. The van der Waals surface area contributed by atoms with E-state index in [0.717, 1.165) is 0 Å². The molecule has 0 spiro atoms. The molecule has 0 radical (unpaired) electrons. The van der Waals surface area contributed by atoms with Gasteiger partial charge in [-0.2, -0.15) is 0 Å². The summed E-state index contributed by atoms with van der Waals surface area (Å²) in [6.45, 7) is 5.42. The summed E-state index contributed by atoms with van der Waals surface area (Å²) in [4.78, 5) is 19.2. The van der Waals surface area contributed by atoms with Gasteiger partial charge in [0, 0.05) is 17.8 Å². The van der Waals surface area contributed by atoms with Gasteiger partial charge >= 0.3 is 0 Å². The predicted octanol–water partition coefficient (Wildman–Crippen LogP) is 1.62. The Morgan fingerprint density at radius 3 is 2.47 bits per heavy atom. The van der Waals surface area contributed by atoms with E-state index in [0.29, 0.717) is 5.82 Å². The summed E-state index contributed by atoms with van der Waals surface area (Å²) >= 11 is 5.73. The van der Waals surface area contributed by atoms with Crippen LogP contribution in [0.3, 0.4) is 0 Å². The molecule has 0 saturated heterocycles. The number of carbonyl (C=O) groups excluding carboxylic acids is 1. The standard InChI is InChI=1S/C9H13ClN4O/c1-9(2,3)8(15)14-13-7-6(10)11-4-5-12-7/h4-5H,1-3H3,(H,12,13)(H,14,15). The summed E-state index contributed by atoms with van der Waals surface area (Å²) in [5.74, 6) is 0.181. The maximum atomic E-state index is 11.5. The van der Waals surface area contributed by atoms with Gasteiger partial charge < -0.3 is 0 Å². The Hall–Kier alpha value is -1.36. The van der Waals surface area contributed by atoms with Gasteiger partial charge in [0.15, 0.2) is 11.0 Å². The Labute approximate surface area is 93.2 Å². The molecule has 2 N–H and O–H groups in total. The Balaban J connectivity index is 2.59. The Bertz CT molecular complexity index is 361. The van der Waals surface area contributed by atoms with Crippen molar-refractivity contribution >= 4 is 23.3 Å². The zero-order chi connectivity index (χ0) is 11.5. The van der Waals surface area contributed by atoms with Crippen LogP contribution in [0.4, 0.5) is 5.82 Å². The van der Waals surface area contributed by atoms with E-state index >= 15 is 0 Å². The lowest BCUT2D eigenvalue weighted by atomic mass is 9.96. The zero-order valence-electron chi connectivity index (χ0n) is 8.84. The lowest BCUT2D eigenvalue weighted by molar-refractivity contribution is -0.127. The van der Waals surface area contributed by atoms with Crippen LogP contribution < -0.4 is 10.9 Å². The molecule has 5 nitrogen and oxygen atoms in total. The molecule has 0 bridgehead atoms. The number of aromatic nitrogens is 2. The quantitative estimate of drug-likeness (QED) is 0.755. The van der Waals surface area contributed by atoms with E-state index in [-0.39, 0.29) is 11.1 Å². The van der Waals surface area contributed by atoms with E-state index in [1.165, 1.54) is 12.4 Å². The molecule has 0 aliphatic heterocycles. The highest BCUT2D eigenvalue weighted by molar-refractivity contribution is 6.31. The van der Waals surface area contributed by atoms with E-state index < -0.39 is 5.41 Å². The van der Waals surface area contributed by atoms with Crippen LogP contribution in [-0.4, -0.2) is 15.9 Å². The molecule has 0 unspecified atom stereocenters. The smallest absolute Gasteiger partial charge is 0.243 e. The number of rotatable bonds is 2. The van der Waals surface area contributed by atoms with Crippen molar-refractivity contribution in [3.05, 3.63) is 17.5 Å². The molecule has 1 heterocycles. The van der Waals surface area contributed by atoms with Crippen LogP contribution in [0.2, 0.25) is 5.15 Å². The zero-order valence-corrected chi connectivity index (χ0v) is 9.59. The molecule has 15 heavy (non-hydrogen) atoms. The van der Waals surface area contributed by atoms with Crippen LogP contribution in [0.25, 0.3) is 0 Å². The molecule has 1 aromatic rings. The van der Waals surface area contributed by atoms with Gasteiger partial charge in [-0.25, -0.2) is 9.97 Å². The van der Waals surface area contributed by atoms with Crippen LogP contribution >= 0.6 is 11.6 Å². The SMILES string of the molecule is CC(C)(C)C(=O)NNc1nccnc1Cl. The first-order valence-electron chi connectivity index (χ1n) is 4.44. The minimum absolute atomic E-state index is 0.149. The third-order valence-electron chi connectivity index (χ3n) is 1.63. The Morgan fingerprint density at radius 2 is 1.93 bits per heavy atom. The number of hydrazine groups is 1. The monoisotopic (exact) mass is 228 g/mol. The largest absolute Gasteiger partial charge is 0.279 e. The van der Waals surface area contributed by atoms with Crippen molar-refractivity contribution in [2.24, 2.45) is 5.41 Å². The minimum Gasteiger partial charge on any atom is -0.279 e. The maximum Gasteiger partial charge on any atom is 0.243 e. The molecule has 0 aromatic carbocycles. The molecular formula is C9H13ClN4O. The normalized spacial score (nSPS) is 10.9. The molecule has 82 valence electrons. The van der Waals surface area contributed by atoms with Crippen molar-refractivity contribution in [2.45, 2.75) is 20.8 Å². The summed E-state index contributed by atoms with van der Waals surface area (Å²) in [5.41, 5.74) is 4.65. The van der Waals surface area contributed by atoms with Crippen molar-refractivity contribution in [2.75, 3.05) is 5.43 Å². The molecule has 0 saturated carbocycles. The first-order chi connectivity index (χ1) is 6.91. The lowest BCUT2D eigenvalue weighted by Crippen LogP contribution is -2.38. The average Bonchev–Trinajstić information content (AvgIpc) is 2.14. The van der Waals surface area contributed by atoms with Gasteiger partial charge in [0.2, 0.25) is 5.91 Å². The number of carbonyl (C=O) groups is 1. The van der Waals surface area contributed by atoms with Gasteiger partial charge in [-0.1, -0.05) is 32.4 Å². The molecule has 0 aliphatic carbocycles. The first-order valence-corrected chi connectivity index (χ1v) is 4.82. The Morgan fingerprint density at radius 1 is 1.33 bits per heavy atom. The molecule has 1 aromatic heterocycles. The molecular weight excluding hydrogens is 216 g/mol. The molecule has 1 rings (SSSR count). The second-order valence-corrected chi connectivity index (χ2v) is 4.38. The lowest BCUT2D eigenvalue weighted by Gasteiger charge is -2.18. The fraction of sp³-hybridized carbons (Fsp3) is 0.444. The van der Waals surface area contributed by atoms with Gasteiger partial charge in [0.1, 0.15) is 0 Å². The summed E-state index contributed by atoms with van der Waals surface area (Å²) in [5, 5.41) is 0.215. The van der Waals surface area contributed by atoms with Gasteiger partial charge in [-0.05, 0) is 0 Å². The van der Waals surface area contributed by atoms with Crippen molar-refractivity contribution in [1.82, 2.24) is 15.4 Å². The molecule has 0 aliphatic rings. The van der Waals surface area contributed by atoms with Crippen molar-refractivity contribution < 1.29 is 4.79 Å². The van der Waals surface area contributed by atoms with Crippen LogP contribution in [0, 0.1) is 5.41 Å². The van der Waals surface area contributed by atoms with Crippen LogP contribution in [-0.2, 0) is 4.79 Å². The van der Waals surface area contributed by atoms with Crippen LogP contribution in [0.5, 0.6) is 0 Å². The third kappa shape index (κ3) is 3.36. The number of halogens is 1. The highest BCUT2D eigenvalue weighted by Gasteiger charge is 2.21. The highest BCUT2D eigenvalue weighted by Crippen LogP contribution is 2.15. The second kappa shape index (κ2) is 4.44. The first kappa shape index (κ1) is 11.7. The number of amides is 1. The van der Waals surface area contributed by atoms with E-state index in [1.807, 2.05) is 20.8 Å². The van der Waals surface area contributed by atoms with Gasteiger partial charge in [-0.3, -0.25) is 15.6 Å². The average molecular weight is 229 g/mol. The predicted molar refractivity (Wildman–Crippen MR) is 58.3 cm³/mol. The van der Waals surface area contributed by atoms with Gasteiger partial charge in [-0.15, -0.1) is 0 Å². The molecule has 6 heteroatoms. The minimum atomic E-state index is -0.471. The molecule has 0 fully saturated rings. The topological polar surface area (TPSA) is 66.9 Å². The number of anilines is 1. The fourth-order valence-electron chi connectivity index (χ4n) is 0.708. The van der Waals surface area contributed by atoms with E-state index in [9.17, 15) is 4.79 Å². The number of hydrogen-bond acceptors (Lipinski definition) is 4. The van der Waals surface area contributed by atoms with Crippen molar-refractivity contribution in [3.8, 4) is 0 Å². The Kier molecular flexibility index (Phi) is 3.47. The summed E-state index contributed by atoms with van der Waals surface area (Å²) in [7, 11) is 0. The van der Waals surface area contributed by atoms with Gasteiger partial charge in [0.25, 0.3) is 0 Å². The van der Waals surface area contributed by atoms with E-state index in [4.69, 9.17) is 11.6 Å². The van der Waals surface area contributed by atoms with Crippen molar-refractivity contribution in [1.29, 1.82) is 0 Å². The van der Waals surface area contributed by atoms with E-state index in [1.54, 1.807) is 0 Å².